The van der Waals surface area contributed by atoms with E-state index < -0.39 is 11.7 Å². The van der Waals surface area contributed by atoms with Gasteiger partial charge in [0.1, 0.15) is 0 Å². The van der Waals surface area contributed by atoms with Gasteiger partial charge in [0, 0.05) is 12.0 Å². The van der Waals surface area contributed by atoms with Crippen molar-refractivity contribution in [3.05, 3.63) is 48.0 Å². The number of benzene rings is 1. The van der Waals surface area contributed by atoms with Crippen molar-refractivity contribution in [1.29, 1.82) is 0 Å². The molecule has 1 aromatic carbocycles. The number of rotatable bonds is 7. The highest BCUT2D eigenvalue weighted by molar-refractivity contribution is 5.40. The van der Waals surface area contributed by atoms with Gasteiger partial charge in [-0.3, -0.25) is 0 Å². The zero-order valence-electron chi connectivity index (χ0n) is 12.7. The maximum atomic E-state index is 13.0. The molecule has 0 bridgehead atoms. The summed E-state index contributed by atoms with van der Waals surface area (Å²) in [5.41, 5.74) is 0.579. The predicted octanol–water partition coefficient (Wildman–Crippen LogP) is 4.68. The number of hydrogen-bond donors (Lipinski definition) is 1. The Bertz CT molecular complexity index is 554. The molecule has 2 aliphatic carbocycles. The van der Waals surface area contributed by atoms with E-state index in [0.29, 0.717) is 0 Å². The lowest BCUT2D eigenvalue weighted by molar-refractivity contribution is -0.137. The maximum Gasteiger partial charge on any atom is 0.416 e. The summed E-state index contributed by atoms with van der Waals surface area (Å²) >= 11 is 0. The van der Waals surface area contributed by atoms with Crippen LogP contribution in [0, 0.1) is 5.41 Å². The van der Waals surface area contributed by atoms with Gasteiger partial charge in [-0.15, -0.1) is 6.58 Å². The molecular weight excluding hydrogens is 287 g/mol. The summed E-state index contributed by atoms with van der Waals surface area (Å²) in [6, 6.07) is 6.00. The first-order valence-corrected chi connectivity index (χ1v) is 7.93. The second-order valence-corrected chi connectivity index (χ2v) is 6.68. The Kier molecular flexibility index (Phi) is 3.84. The highest BCUT2D eigenvalue weighted by Gasteiger charge is 2.65. The van der Waals surface area contributed by atoms with Crippen LogP contribution in [0.15, 0.2) is 36.9 Å². The second-order valence-electron chi connectivity index (χ2n) is 6.68. The van der Waals surface area contributed by atoms with Crippen LogP contribution in [-0.2, 0) is 11.6 Å². The Balaban J connectivity index is 1.78. The molecule has 1 nitrogen and oxygen atoms in total. The number of alkyl halides is 3. The first-order chi connectivity index (χ1) is 10.4. The molecule has 0 unspecified atom stereocenters. The van der Waals surface area contributed by atoms with Gasteiger partial charge in [0.15, 0.2) is 0 Å². The Labute approximate surface area is 129 Å². The van der Waals surface area contributed by atoms with Crippen LogP contribution in [-0.4, -0.2) is 13.1 Å². The fourth-order valence-electron chi connectivity index (χ4n) is 3.89. The predicted molar refractivity (Wildman–Crippen MR) is 81.7 cm³/mol. The molecule has 3 rings (SSSR count). The van der Waals surface area contributed by atoms with E-state index in [1.54, 1.807) is 6.07 Å². The van der Waals surface area contributed by atoms with E-state index in [4.69, 9.17) is 0 Å². The number of halogens is 3. The van der Waals surface area contributed by atoms with Gasteiger partial charge in [-0.2, -0.15) is 13.2 Å². The Hall–Kier alpha value is -1.29. The first-order valence-electron chi connectivity index (χ1n) is 7.93. The van der Waals surface area contributed by atoms with Gasteiger partial charge in [-0.25, -0.2) is 0 Å². The molecule has 22 heavy (non-hydrogen) atoms. The van der Waals surface area contributed by atoms with Crippen LogP contribution in [0.5, 0.6) is 0 Å². The van der Waals surface area contributed by atoms with Crippen LogP contribution in [0.3, 0.4) is 0 Å². The van der Waals surface area contributed by atoms with Crippen LogP contribution in [0.25, 0.3) is 0 Å². The molecule has 2 saturated carbocycles. The van der Waals surface area contributed by atoms with Crippen LogP contribution >= 0.6 is 0 Å². The molecule has 2 fully saturated rings. The number of nitrogens with one attached hydrogen (secondary N) is 1. The minimum absolute atomic E-state index is 0.00980. The lowest BCUT2D eigenvalue weighted by Crippen LogP contribution is -2.27. The number of hydrogen-bond acceptors (Lipinski definition) is 1. The average Bonchev–Trinajstić information content (AvgIpc) is 3.36. The van der Waals surface area contributed by atoms with Gasteiger partial charge in [0.05, 0.1) is 5.56 Å². The molecular formula is C18H22F3N. The molecule has 120 valence electrons. The Morgan fingerprint density at radius 1 is 1.18 bits per heavy atom. The normalized spacial score (nSPS) is 21.4. The van der Waals surface area contributed by atoms with Crippen molar-refractivity contribution >= 4 is 0 Å². The van der Waals surface area contributed by atoms with Crippen molar-refractivity contribution in [2.45, 2.75) is 43.7 Å². The van der Waals surface area contributed by atoms with Crippen LogP contribution in [0.1, 0.15) is 43.2 Å². The van der Waals surface area contributed by atoms with Gasteiger partial charge >= 0.3 is 6.18 Å². The highest BCUT2D eigenvalue weighted by atomic mass is 19.4. The summed E-state index contributed by atoms with van der Waals surface area (Å²) in [6.45, 7) is 5.38. The minimum Gasteiger partial charge on any atom is -0.313 e. The first kappa shape index (κ1) is 15.6. The lowest BCUT2D eigenvalue weighted by Gasteiger charge is -2.28. The summed E-state index contributed by atoms with van der Waals surface area (Å²) in [4.78, 5) is 0. The molecule has 0 amide bonds. The van der Waals surface area contributed by atoms with Crippen LogP contribution in [0.2, 0.25) is 0 Å². The van der Waals surface area contributed by atoms with E-state index in [2.05, 4.69) is 11.9 Å². The zero-order chi connectivity index (χ0) is 15.8. The third-order valence-corrected chi connectivity index (χ3v) is 5.43. The van der Waals surface area contributed by atoms with E-state index in [1.807, 2.05) is 12.1 Å². The van der Waals surface area contributed by atoms with Gasteiger partial charge < -0.3 is 5.32 Å². The van der Waals surface area contributed by atoms with E-state index in [-0.39, 0.29) is 10.8 Å². The SMILES string of the molecule is C=CCNCCC1(C2(c3cccc(C(F)(F)F)c3)CC2)CC1. The fraction of sp³-hybridized carbons (Fsp3) is 0.556. The molecule has 0 saturated heterocycles. The van der Waals surface area contributed by atoms with E-state index in [0.717, 1.165) is 50.8 Å². The summed E-state index contributed by atoms with van der Waals surface area (Å²) in [6.07, 6.45) is 2.94. The van der Waals surface area contributed by atoms with Crippen molar-refractivity contribution < 1.29 is 13.2 Å². The van der Waals surface area contributed by atoms with Gasteiger partial charge in [0.25, 0.3) is 0 Å². The van der Waals surface area contributed by atoms with Crippen LogP contribution < -0.4 is 5.32 Å². The molecule has 2 aliphatic rings. The zero-order valence-corrected chi connectivity index (χ0v) is 12.7. The molecule has 0 aromatic heterocycles. The standard InChI is InChI=1S/C18H22F3N/c1-2-11-22-12-10-16(6-7-16)17(8-9-17)14-4-3-5-15(13-14)18(19,20)21/h2-5,13,22H,1,6-12H2. The largest absolute Gasteiger partial charge is 0.416 e. The summed E-state index contributed by atoms with van der Waals surface area (Å²) < 4.78 is 38.9. The molecule has 4 heteroatoms. The third-order valence-electron chi connectivity index (χ3n) is 5.43. The van der Waals surface area contributed by atoms with Crippen molar-refractivity contribution in [1.82, 2.24) is 5.32 Å². The quantitative estimate of drug-likeness (QED) is 0.569. The van der Waals surface area contributed by atoms with Crippen LogP contribution in [0.4, 0.5) is 13.2 Å². The fourth-order valence-corrected chi connectivity index (χ4v) is 3.89. The Morgan fingerprint density at radius 2 is 1.91 bits per heavy atom. The topological polar surface area (TPSA) is 12.0 Å². The van der Waals surface area contributed by atoms with Gasteiger partial charge in [-0.1, -0.05) is 24.3 Å². The minimum atomic E-state index is -4.26. The average molecular weight is 309 g/mol. The lowest BCUT2D eigenvalue weighted by atomic mass is 9.77. The van der Waals surface area contributed by atoms with Crippen molar-refractivity contribution in [2.75, 3.05) is 13.1 Å². The van der Waals surface area contributed by atoms with Crippen molar-refractivity contribution in [3.63, 3.8) is 0 Å². The summed E-state index contributed by atoms with van der Waals surface area (Å²) in [5.74, 6) is 0. The Morgan fingerprint density at radius 3 is 2.45 bits per heavy atom. The monoisotopic (exact) mass is 309 g/mol. The third kappa shape index (κ3) is 2.69. The summed E-state index contributed by atoms with van der Waals surface area (Å²) in [7, 11) is 0. The van der Waals surface area contributed by atoms with E-state index in [9.17, 15) is 13.2 Å². The molecule has 0 heterocycles. The van der Waals surface area contributed by atoms with Crippen molar-refractivity contribution in [2.24, 2.45) is 5.41 Å². The highest BCUT2D eigenvalue weighted by Crippen LogP contribution is 2.72. The molecule has 1 aromatic rings. The maximum absolute atomic E-state index is 13.0. The van der Waals surface area contributed by atoms with E-state index >= 15 is 0 Å². The van der Waals surface area contributed by atoms with Gasteiger partial charge in [0.2, 0.25) is 0 Å². The molecule has 0 aliphatic heterocycles. The van der Waals surface area contributed by atoms with E-state index in [1.165, 1.54) is 12.1 Å². The van der Waals surface area contributed by atoms with Crippen molar-refractivity contribution in [3.8, 4) is 0 Å². The summed E-state index contributed by atoms with van der Waals surface area (Å²) in [5, 5.41) is 3.32. The van der Waals surface area contributed by atoms with Gasteiger partial charge in [-0.05, 0) is 55.7 Å². The molecule has 0 radical (unpaired) electrons. The smallest absolute Gasteiger partial charge is 0.313 e. The molecule has 0 spiro atoms. The second kappa shape index (κ2) is 5.41. The molecule has 1 N–H and O–H groups in total. The molecule has 0 atom stereocenters.